The number of aryl methyl sites for hydroxylation is 3. The Hall–Kier alpha value is -2.61. The Labute approximate surface area is 149 Å². The number of thioether (sulfide) groups is 1. The van der Waals surface area contributed by atoms with Crippen LogP contribution in [0.15, 0.2) is 40.3 Å². The van der Waals surface area contributed by atoms with Crippen LogP contribution in [0.4, 0.5) is 5.88 Å². The van der Waals surface area contributed by atoms with Gasteiger partial charge in [-0.05, 0) is 39.3 Å². The minimum absolute atomic E-state index is 0.184. The smallest absolute Gasteiger partial charge is 0.240 e. The lowest BCUT2D eigenvalue weighted by Crippen LogP contribution is -2.22. The third-order valence-corrected chi connectivity index (χ3v) is 4.71. The summed E-state index contributed by atoms with van der Waals surface area (Å²) in [6.45, 7) is 7.70. The normalized spacial score (nSPS) is 12.2. The van der Waals surface area contributed by atoms with Crippen LogP contribution in [-0.2, 0) is 4.79 Å². The van der Waals surface area contributed by atoms with Crippen molar-refractivity contribution < 1.29 is 9.32 Å². The van der Waals surface area contributed by atoms with Crippen LogP contribution in [0.3, 0.4) is 0 Å². The molecule has 1 N–H and O–H groups in total. The fourth-order valence-electron chi connectivity index (χ4n) is 2.40. The lowest BCUT2D eigenvalue weighted by atomic mass is 10.1. The number of amides is 1. The maximum atomic E-state index is 12.3. The van der Waals surface area contributed by atoms with Gasteiger partial charge in [0.25, 0.3) is 0 Å². The van der Waals surface area contributed by atoms with E-state index >= 15 is 0 Å². The molecule has 0 aliphatic rings. The van der Waals surface area contributed by atoms with Gasteiger partial charge in [-0.3, -0.25) is 14.7 Å². The number of rotatable bonds is 5. The number of carbonyl (C=O) groups excluding carboxylic acids is 1. The fourth-order valence-corrected chi connectivity index (χ4v) is 3.24. The summed E-state index contributed by atoms with van der Waals surface area (Å²) in [5.74, 6) is 0.155. The maximum absolute atomic E-state index is 12.3. The molecule has 8 heteroatoms. The van der Waals surface area contributed by atoms with Crippen molar-refractivity contribution in [3.63, 3.8) is 0 Å². The number of hydrogen-bond donors (Lipinski definition) is 1. The van der Waals surface area contributed by atoms with E-state index in [-0.39, 0.29) is 11.2 Å². The minimum atomic E-state index is -0.376. The summed E-state index contributed by atoms with van der Waals surface area (Å²) in [5, 5.41) is 14.9. The second kappa shape index (κ2) is 7.10. The van der Waals surface area contributed by atoms with Gasteiger partial charge < -0.3 is 4.52 Å². The second-order valence-electron chi connectivity index (χ2n) is 5.86. The predicted molar refractivity (Wildman–Crippen MR) is 96.0 cm³/mol. The minimum Gasteiger partial charge on any atom is -0.338 e. The largest absolute Gasteiger partial charge is 0.338 e. The molecule has 2 aromatic heterocycles. The first-order chi connectivity index (χ1) is 11.9. The number of nitrogens with one attached hydrogen (secondary N) is 1. The van der Waals surface area contributed by atoms with Crippen LogP contribution in [0.25, 0.3) is 5.69 Å². The van der Waals surface area contributed by atoms with Crippen LogP contribution in [0, 0.1) is 20.8 Å². The van der Waals surface area contributed by atoms with Crippen molar-refractivity contribution in [1.29, 1.82) is 0 Å². The van der Waals surface area contributed by atoms with Crippen LogP contribution in [0.1, 0.15) is 23.7 Å². The first-order valence-electron chi connectivity index (χ1n) is 7.82. The van der Waals surface area contributed by atoms with Crippen molar-refractivity contribution in [2.24, 2.45) is 0 Å². The molecule has 3 aromatic rings. The van der Waals surface area contributed by atoms with Gasteiger partial charge in [0.05, 0.1) is 16.6 Å². The van der Waals surface area contributed by atoms with E-state index < -0.39 is 0 Å². The molecule has 25 heavy (non-hydrogen) atoms. The Morgan fingerprint density at radius 2 is 2.08 bits per heavy atom. The Bertz CT molecular complexity index is 902. The Morgan fingerprint density at radius 1 is 1.28 bits per heavy atom. The van der Waals surface area contributed by atoms with E-state index in [2.05, 4.69) is 33.7 Å². The molecule has 0 radical (unpaired) electrons. The quantitative estimate of drug-likeness (QED) is 0.705. The summed E-state index contributed by atoms with van der Waals surface area (Å²) in [7, 11) is 0. The predicted octanol–water partition coefficient (Wildman–Crippen LogP) is 3.30. The molecule has 0 spiro atoms. The number of nitrogens with zero attached hydrogens (tertiary/aromatic N) is 4. The topological polar surface area (TPSA) is 85.8 Å². The number of aromatic nitrogens is 4. The van der Waals surface area contributed by atoms with Crippen LogP contribution >= 0.6 is 11.8 Å². The van der Waals surface area contributed by atoms with Crippen LogP contribution in [0.2, 0.25) is 0 Å². The maximum Gasteiger partial charge on any atom is 0.240 e. The molecular formula is C17H19N5O2S. The SMILES string of the molecule is Cc1ccc(-n2cnnc2S[C@H](C)C(=O)Nc2cc(C)no2)c(C)c1. The first kappa shape index (κ1) is 17.2. The Kier molecular flexibility index (Phi) is 4.89. The number of anilines is 1. The lowest BCUT2D eigenvalue weighted by Gasteiger charge is -2.13. The first-order valence-corrected chi connectivity index (χ1v) is 8.70. The van der Waals surface area contributed by atoms with E-state index in [0.29, 0.717) is 16.7 Å². The van der Waals surface area contributed by atoms with E-state index in [4.69, 9.17) is 4.52 Å². The second-order valence-corrected chi connectivity index (χ2v) is 7.16. The zero-order chi connectivity index (χ0) is 18.0. The van der Waals surface area contributed by atoms with Crippen LogP contribution in [0.5, 0.6) is 0 Å². The van der Waals surface area contributed by atoms with Gasteiger partial charge in [0, 0.05) is 6.07 Å². The van der Waals surface area contributed by atoms with Gasteiger partial charge in [0.15, 0.2) is 5.16 Å². The summed E-state index contributed by atoms with van der Waals surface area (Å²) in [5.41, 5.74) is 4.02. The molecule has 2 heterocycles. The monoisotopic (exact) mass is 357 g/mol. The molecule has 130 valence electrons. The molecule has 0 aliphatic carbocycles. The Morgan fingerprint density at radius 3 is 2.76 bits per heavy atom. The summed E-state index contributed by atoms with van der Waals surface area (Å²) in [6, 6.07) is 7.85. The van der Waals surface area contributed by atoms with Gasteiger partial charge in [-0.15, -0.1) is 10.2 Å². The van der Waals surface area contributed by atoms with Crippen molar-refractivity contribution in [2.45, 2.75) is 38.1 Å². The Balaban J connectivity index is 1.75. The van der Waals surface area contributed by atoms with Gasteiger partial charge >= 0.3 is 0 Å². The van der Waals surface area contributed by atoms with E-state index in [1.165, 1.54) is 17.3 Å². The summed E-state index contributed by atoms with van der Waals surface area (Å²) in [6.07, 6.45) is 1.66. The molecule has 7 nitrogen and oxygen atoms in total. The molecule has 0 bridgehead atoms. The molecule has 1 amide bonds. The number of carbonyl (C=O) groups is 1. The zero-order valence-electron chi connectivity index (χ0n) is 14.5. The molecule has 1 atom stereocenters. The van der Waals surface area contributed by atoms with E-state index in [9.17, 15) is 4.79 Å². The highest BCUT2D eigenvalue weighted by molar-refractivity contribution is 8.00. The van der Waals surface area contributed by atoms with Gasteiger partial charge in [-0.25, -0.2) is 0 Å². The molecule has 0 saturated heterocycles. The van der Waals surface area contributed by atoms with Gasteiger partial charge in [0.2, 0.25) is 11.8 Å². The zero-order valence-corrected chi connectivity index (χ0v) is 15.3. The van der Waals surface area contributed by atoms with E-state index in [1.54, 1.807) is 19.3 Å². The lowest BCUT2D eigenvalue weighted by molar-refractivity contribution is -0.115. The average molecular weight is 357 g/mol. The summed E-state index contributed by atoms with van der Waals surface area (Å²) in [4.78, 5) is 12.3. The van der Waals surface area contributed by atoms with Crippen LogP contribution < -0.4 is 5.32 Å². The van der Waals surface area contributed by atoms with Crippen molar-refractivity contribution >= 4 is 23.6 Å². The van der Waals surface area contributed by atoms with Gasteiger partial charge in [-0.1, -0.05) is 34.6 Å². The standard InChI is InChI=1S/C17H19N5O2S/c1-10-5-6-14(11(2)7-10)22-9-18-20-17(22)25-13(4)16(23)19-15-8-12(3)21-24-15/h5-9,13H,1-4H3,(H,19,23)/t13-/m1/s1. The molecule has 0 fully saturated rings. The van der Waals surface area contributed by atoms with Crippen LogP contribution in [-0.4, -0.2) is 31.1 Å². The fraction of sp³-hybridized carbons (Fsp3) is 0.294. The highest BCUT2D eigenvalue weighted by Crippen LogP contribution is 2.26. The molecule has 0 unspecified atom stereocenters. The van der Waals surface area contributed by atoms with Crippen molar-refractivity contribution in [3.8, 4) is 5.69 Å². The van der Waals surface area contributed by atoms with Crippen molar-refractivity contribution in [1.82, 2.24) is 19.9 Å². The highest BCUT2D eigenvalue weighted by atomic mass is 32.2. The van der Waals surface area contributed by atoms with Gasteiger partial charge in [0.1, 0.15) is 6.33 Å². The highest BCUT2D eigenvalue weighted by Gasteiger charge is 2.20. The molecule has 1 aromatic carbocycles. The van der Waals surface area contributed by atoms with E-state index in [0.717, 1.165) is 11.3 Å². The molecular weight excluding hydrogens is 338 g/mol. The third kappa shape index (κ3) is 3.90. The van der Waals surface area contributed by atoms with E-state index in [1.807, 2.05) is 30.5 Å². The summed E-state index contributed by atoms with van der Waals surface area (Å²) < 4.78 is 6.91. The summed E-state index contributed by atoms with van der Waals surface area (Å²) >= 11 is 1.33. The van der Waals surface area contributed by atoms with Gasteiger partial charge in [-0.2, -0.15) is 0 Å². The van der Waals surface area contributed by atoms with Crippen molar-refractivity contribution in [2.75, 3.05) is 5.32 Å². The average Bonchev–Trinajstić information content (AvgIpc) is 3.16. The van der Waals surface area contributed by atoms with Crippen molar-refractivity contribution in [3.05, 3.63) is 47.4 Å². The number of benzene rings is 1. The third-order valence-electron chi connectivity index (χ3n) is 3.65. The molecule has 0 aliphatic heterocycles. The molecule has 0 saturated carbocycles. The number of hydrogen-bond acceptors (Lipinski definition) is 6. The molecule has 3 rings (SSSR count).